The van der Waals surface area contributed by atoms with Crippen LogP contribution in [0.5, 0.6) is 0 Å². The molecule has 0 aromatic carbocycles. The Labute approximate surface area is 150 Å². The summed E-state index contributed by atoms with van der Waals surface area (Å²) in [6.45, 7) is 4.45. The van der Waals surface area contributed by atoms with Crippen molar-refractivity contribution in [3.05, 3.63) is 12.2 Å². The summed E-state index contributed by atoms with van der Waals surface area (Å²) in [5.41, 5.74) is 0. The van der Waals surface area contributed by atoms with E-state index >= 15 is 0 Å². The molecule has 1 atom stereocenters. The number of amides is 1. The zero-order chi connectivity index (χ0) is 17.9. The maximum absolute atomic E-state index is 11.1. The van der Waals surface area contributed by atoms with Crippen LogP contribution in [0.3, 0.4) is 0 Å². The number of unbranched alkanes of at least 4 members (excludes halogenated alkanes) is 12. The minimum absolute atomic E-state index is 0.261. The molecule has 0 spiro atoms. The lowest BCUT2D eigenvalue weighted by Gasteiger charge is -2.06. The first kappa shape index (κ1) is 23.2. The molecular weight excluding hydrogens is 298 g/mol. The van der Waals surface area contributed by atoms with Gasteiger partial charge in [-0.25, -0.2) is 0 Å². The summed E-state index contributed by atoms with van der Waals surface area (Å²) in [6.07, 6.45) is 21.9. The van der Waals surface area contributed by atoms with E-state index in [0.29, 0.717) is 6.54 Å². The van der Waals surface area contributed by atoms with Gasteiger partial charge in [-0.15, -0.1) is 0 Å². The van der Waals surface area contributed by atoms with Crippen molar-refractivity contribution in [3.8, 4) is 0 Å². The molecule has 0 radical (unpaired) electrons. The van der Waals surface area contributed by atoms with Gasteiger partial charge < -0.3 is 10.4 Å². The van der Waals surface area contributed by atoms with Crippen LogP contribution >= 0.6 is 0 Å². The Kier molecular flexibility index (Phi) is 17.9. The predicted molar refractivity (Wildman–Crippen MR) is 104 cm³/mol. The van der Waals surface area contributed by atoms with Crippen molar-refractivity contribution < 1.29 is 9.90 Å². The zero-order valence-electron chi connectivity index (χ0n) is 16.2. The topological polar surface area (TPSA) is 49.3 Å². The fourth-order valence-corrected chi connectivity index (χ4v) is 2.73. The number of aliphatic hydroxyl groups excluding tert-OH is 1. The molecule has 0 heterocycles. The van der Waals surface area contributed by atoms with Crippen molar-refractivity contribution in [2.75, 3.05) is 6.54 Å². The Morgan fingerprint density at radius 2 is 1.29 bits per heavy atom. The van der Waals surface area contributed by atoms with Crippen molar-refractivity contribution in [1.82, 2.24) is 5.32 Å². The molecule has 3 nitrogen and oxygen atoms in total. The summed E-state index contributed by atoms with van der Waals surface area (Å²) in [6, 6.07) is 0. The Bertz CT molecular complexity index is 300. The summed E-state index contributed by atoms with van der Waals surface area (Å²) in [4.78, 5) is 11.1. The van der Waals surface area contributed by atoms with Gasteiger partial charge in [0.05, 0.1) is 0 Å². The van der Waals surface area contributed by atoms with Gasteiger partial charge in [-0.2, -0.15) is 0 Å². The fraction of sp³-hybridized carbons (Fsp3) is 0.857. The van der Waals surface area contributed by atoms with Crippen LogP contribution in [0.4, 0.5) is 0 Å². The van der Waals surface area contributed by atoms with Gasteiger partial charge in [0, 0.05) is 6.54 Å². The Balaban J connectivity index is 3.14. The van der Waals surface area contributed by atoms with E-state index in [1.807, 2.05) is 0 Å². The van der Waals surface area contributed by atoms with Crippen LogP contribution in [0.15, 0.2) is 12.2 Å². The average molecular weight is 340 g/mol. The molecule has 142 valence electrons. The number of rotatable bonds is 17. The van der Waals surface area contributed by atoms with Crippen LogP contribution in [0, 0.1) is 0 Å². The highest BCUT2D eigenvalue weighted by atomic mass is 16.3. The fourth-order valence-electron chi connectivity index (χ4n) is 2.73. The third-order valence-corrected chi connectivity index (χ3v) is 4.37. The van der Waals surface area contributed by atoms with Gasteiger partial charge in [0.1, 0.15) is 6.10 Å². The largest absolute Gasteiger partial charge is 0.384 e. The van der Waals surface area contributed by atoms with Crippen molar-refractivity contribution in [3.63, 3.8) is 0 Å². The van der Waals surface area contributed by atoms with Gasteiger partial charge in [-0.3, -0.25) is 4.79 Å². The van der Waals surface area contributed by atoms with Crippen LogP contribution in [0.1, 0.15) is 104 Å². The zero-order valence-corrected chi connectivity index (χ0v) is 16.2. The number of carbonyl (C=O) groups excluding carboxylic acids is 1. The number of hydrogen-bond acceptors (Lipinski definition) is 2. The molecule has 0 fully saturated rings. The molecule has 0 bridgehead atoms. The number of hydrogen-bond donors (Lipinski definition) is 2. The molecule has 0 aromatic rings. The molecule has 24 heavy (non-hydrogen) atoms. The molecule has 0 saturated heterocycles. The van der Waals surface area contributed by atoms with Gasteiger partial charge in [0.25, 0.3) is 0 Å². The van der Waals surface area contributed by atoms with Gasteiger partial charge in [0.2, 0.25) is 5.91 Å². The maximum Gasteiger partial charge on any atom is 0.248 e. The molecule has 2 N–H and O–H groups in total. The highest BCUT2D eigenvalue weighted by molar-refractivity contribution is 5.79. The predicted octanol–water partition coefficient (Wildman–Crippen LogP) is 5.52. The third-order valence-electron chi connectivity index (χ3n) is 4.37. The molecule has 0 aliphatic heterocycles. The number of aliphatic hydroxyl groups is 1. The van der Waals surface area contributed by atoms with E-state index in [1.165, 1.54) is 84.0 Å². The van der Waals surface area contributed by atoms with E-state index in [9.17, 15) is 4.79 Å². The molecule has 1 amide bonds. The van der Waals surface area contributed by atoms with E-state index in [0.717, 1.165) is 12.8 Å². The first-order valence-electron chi connectivity index (χ1n) is 10.3. The van der Waals surface area contributed by atoms with Crippen LogP contribution in [0.2, 0.25) is 0 Å². The van der Waals surface area contributed by atoms with Gasteiger partial charge in [0.15, 0.2) is 0 Å². The first-order valence-corrected chi connectivity index (χ1v) is 10.3. The van der Waals surface area contributed by atoms with Crippen LogP contribution in [0.25, 0.3) is 0 Å². The standard InChI is InChI=1S/C21H41NO2/c1-3-4-5-6-7-8-9-10-11-12-13-14-15-16-17-18-19-22-21(24)20(2)23/h10-11,20,23H,3-9,12-19H2,1-2H3,(H,22,24)/b11-10-. The summed E-state index contributed by atoms with van der Waals surface area (Å²) >= 11 is 0. The highest BCUT2D eigenvalue weighted by Crippen LogP contribution is 2.09. The second kappa shape index (κ2) is 18.5. The Morgan fingerprint density at radius 1 is 0.833 bits per heavy atom. The van der Waals surface area contributed by atoms with Crippen molar-refractivity contribution in [1.29, 1.82) is 0 Å². The lowest BCUT2D eigenvalue weighted by molar-refractivity contribution is -0.128. The molecule has 1 unspecified atom stereocenters. The minimum atomic E-state index is -0.890. The van der Waals surface area contributed by atoms with E-state index in [-0.39, 0.29) is 5.91 Å². The second-order valence-corrected chi connectivity index (χ2v) is 6.90. The van der Waals surface area contributed by atoms with Gasteiger partial charge in [-0.05, 0) is 39.0 Å². The van der Waals surface area contributed by atoms with Gasteiger partial charge >= 0.3 is 0 Å². The first-order chi connectivity index (χ1) is 11.7. The molecule has 0 aliphatic carbocycles. The van der Waals surface area contributed by atoms with Crippen LogP contribution in [-0.4, -0.2) is 23.7 Å². The maximum atomic E-state index is 11.1. The average Bonchev–Trinajstić information content (AvgIpc) is 2.57. The molecule has 0 rings (SSSR count). The van der Waals surface area contributed by atoms with Crippen molar-refractivity contribution in [2.45, 2.75) is 110 Å². The molecular formula is C21H41NO2. The Hall–Kier alpha value is -0.830. The van der Waals surface area contributed by atoms with E-state index < -0.39 is 6.10 Å². The number of carbonyl (C=O) groups is 1. The smallest absolute Gasteiger partial charge is 0.248 e. The highest BCUT2D eigenvalue weighted by Gasteiger charge is 2.06. The normalized spacial score (nSPS) is 12.6. The van der Waals surface area contributed by atoms with Crippen LogP contribution < -0.4 is 5.32 Å². The van der Waals surface area contributed by atoms with Crippen LogP contribution in [-0.2, 0) is 4.79 Å². The summed E-state index contributed by atoms with van der Waals surface area (Å²) in [5.74, 6) is -0.261. The number of allylic oxidation sites excluding steroid dienone is 2. The number of nitrogens with one attached hydrogen (secondary N) is 1. The van der Waals surface area contributed by atoms with E-state index in [4.69, 9.17) is 5.11 Å². The Morgan fingerprint density at radius 3 is 1.79 bits per heavy atom. The SMILES string of the molecule is CCCCCCCC/C=C\CCCCCCCCNC(=O)C(C)O. The summed E-state index contributed by atoms with van der Waals surface area (Å²) < 4.78 is 0. The quantitative estimate of drug-likeness (QED) is 0.271. The molecule has 0 aromatic heterocycles. The molecule has 0 saturated carbocycles. The van der Waals surface area contributed by atoms with E-state index in [1.54, 1.807) is 0 Å². The third kappa shape index (κ3) is 17.5. The van der Waals surface area contributed by atoms with Gasteiger partial charge in [-0.1, -0.05) is 76.9 Å². The summed E-state index contributed by atoms with van der Waals surface area (Å²) in [7, 11) is 0. The summed E-state index contributed by atoms with van der Waals surface area (Å²) in [5, 5.41) is 11.8. The van der Waals surface area contributed by atoms with E-state index in [2.05, 4.69) is 24.4 Å². The van der Waals surface area contributed by atoms with Crippen molar-refractivity contribution in [2.24, 2.45) is 0 Å². The molecule has 0 aliphatic rings. The minimum Gasteiger partial charge on any atom is -0.384 e. The lowest BCUT2D eigenvalue weighted by Crippen LogP contribution is -2.33. The molecule has 3 heteroatoms. The monoisotopic (exact) mass is 339 g/mol. The lowest BCUT2D eigenvalue weighted by atomic mass is 10.1. The second-order valence-electron chi connectivity index (χ2n) is 6.90. The van der Waals surface area contributed by atoms with Crippen molar-refractivity contribution >= 4 is 5.91 Å².